The number of aliphatic imine (C=N–C) groups is 1. The summed E-state index contributed by atoms with van der Waals surface area (Å²) < 4.78 is 0. The second-order valence-electron chi connectivity index (χ2n) is 4.86. The van der Waals surface area contributed by atoms with Gasteiger partial charge in [0, 0.05) is 19.2 Å². The van der Waals surface area contributed by atoms with E-state index in [-0.39, 0.29) is 25.1 Å². The third-order valence-corrected chi connectivity index (χ3v) is 3.10. The maximum Gasteiger partial charge on any atom is 0.351 e. The molecule has 9 nitrogen and oxygen atoms in total. The van der Waals surface area contributed by atoms with Crippen molar-refractivity contribution in [1.29, 1.82) is 0 Å². The molecule has 1 aliphatic heterocycles. The Morgan fingerprint density at radius 1 is 1.35 bits per heavy atom. The molecule has 0 aliphatic carbocycles. The smallest absolute Gasteiger partial charge is 0.351 e. The summed E-state index contributed by atoms with van der Waals surface area (Å²) in [5.74, 6) is -3.61. The Hall–Kier alpha value is -2.68. The van der Waals surface area contributed by atoms with E-state index in [9.17, 15) is 14.4 Å². The number of allylic oxidation sites excluding steroid dienone is 2. The van der Waals surface area contributed by atoms with Gasteiger partial charge in [0.05, 0.1) is 0 Å². The van der Waals surface area contributed by atoms with E-state index >= 15 is 0 Å². The maximum atomic E-state index is 11.0. The lowest BCUT2D eigenvalue weighted by Crippen LogP contribution is -2.41. The Morgan fingerprint density at radius 3 is 2.57 bits per heavy atom. The third kappa shape index (κ3) is 5.91. The summed E-state index contributed by atoms with van der Waals surface area (Å²) >= 11 is 0. The summed E-state index contributed by atoms with van der Waals surface area (Å²) in [4.78, 5) is 36.8. The predicted octanol–water partition coefficient (Wildman–Crippen LogP) is -0.376. The second-order valence-corrected chi connectivity index (χ2v) is 4.86. The Balaban J connectivity index is 2.89. The molecule has 0 amide bonds. The molecule has 2 atom stereocenters. The van der Waals surface area contributed by atoms with Crippen LogP contribution >= 0.6 is 0 Å². The Morgan fingerprint density at radius 2 is 2.04 bits per heavy atom. The van der Waals surface area contributed by atoms with Crippen molar-refractivity contribution in [3.05, 3.63) is 23.4 Å². The fourth-order valence-electron chi connectivity index (χ4n) is 1.94. The molecule has 0 saturated heterocycles. The van der Waals surface area contributed by atoms with Gasteiger partial charge in [0.25, 0.3) is 0 Å². The topological polar surface area (TPSA) is 157 Å². The summed E-state index contributed by atoms with van der Waals surface area (Å²) in [5, 5.41) is 38.0. The Bertz CT molecular complexity index is 565. The van der Waals surface area contributed by atoms with Gasteiger partial charge in [0.1, 0.15) is 17.8 Å². The molecule has 0 fully saturated rings. The van der Waals surface area contributed by atoms with Crippen LogP contribution in [0.1, 0.15) is 19.3 Å². The highest BCUT2D eigenvalue weighted by Crippen LogP contribution is 2.16. The molecule has 0 aromatic carbocycles. The zero-order valence-electron chi connectivity index (χ0n) is 12.2. The number of aliphatic hydroxyl groups excluding tert-OH is 1. The number of hydrogen-bond acceptors (Lipinski definition) is 6. The highest BCUT2D eigenvalue weighted by atomic mass is 16.4. The first kappa shape index (κ1) is 18.4. The SMILES string of the molecule is O=C(O)C1=C/C(=C/C=N/[C@@H](CCCO)C(=O)O)C[C@H](C(=O)O)N1. The molecule has 1 aliphatic rings. The number of aliphatic hydroxyl groups is 1. The van der Waals surface area contributed by atoms with Crippen molar-refractivity contribution in [2.75, 3.05) is 6.61 Å². The van der Waals surface area contributed by atoms with Crippen molar-refractivity contribution in [2.24, 2.45) is 4.99 Å². The van der Waals surface area contributed by atoms with Crippen molar-refractivity contribution in [3.63, 3.8) is 0 Å². The average Bonchev–Trinajstić information content (AvgIpc) is 2.49. The van der Waals surface area contributed by atoms with Crippen molar-refractivity contribution in [1.82, 2.24) is 5.32 Å². The van der Waals surface area contributed by atoms with Gasteiger partial charge >= 0.3 is 17.9 Å². The maximum absolute atomic E-state index is 11.0. The van der Waals surface area contributed by atoms with Crippen LogP contribution in [0.2, 0.25) is 0 Å². The highest BCUT2D eigenvalue weighted by Gasteiger charge is 2.26. The fourth-order valence-corrected chi connectivity index (χ4v) is 1.94. The summed E-state index contributed by atoms with van der Waals surface area (Å²) in [7, 11) is 0. The van der Waals surface area contributed by atoms with E-state index in [0.717, 1.165) is 0 Å². The molecule has 0 aromatic heterocycles. The van der Waals surface area contributed by atoms with E-state index in [4.69, 9.17) is 20.4 Å². The van der Waals surface area contributed by atoms with Gasteiger partial charge in [-0.2, -0.15) is 0 Å². The zero-order chi connectivity index (χ0) is 17.4. The minimum Gasteiger partial charge on any atom is -0.480 e. The van der Waals surface area contributed by atoms with Crippen LogP contribution in [-0.2, 0) is 14.4 Å². The van der Waals surface area contributed by atoms with E-state index < -0.39 is 30.0 Å². The Kier molecular flexibility index (Phi) is 6.94. The summed E-state index contributed by atoms with van der Waals surface area (Å²) in [5.41, 5.74) is 0.155. The first-order valence-electron chi connectivity index (χ1n) is 6.85. The van der Waals surface area contributed by atoms with Crippen molar-refractivity contribution >= 4 is 24.1 Å². The molecule has 1 heterocycles. The lowest BCUT2D eigenvalue weighted by atomic mass is 10.00. The second kappa shape index (κ2) is 8.69. The fraction of sp³-hybridized carbons (Fsp3) is 0.429. The molecule has 0 radical (unpaired) electrons. The van der Waals surface area contributed by atoms with E-state index in [1.807, 2.05) is 0 Å². The molecule has 9 heteroatoms. The monoisotopic (exact) mass is 326 g/mol. The lowest BCUT2D eigenvalue weighted by molar-refractivity contribution is -0.140. The van der Waals surface area contributed by atoms with Gasteiger partial charge in [-0.1, -0.05) is 0 Å². The average molecular weight is 326 g/mol. The molecule has 0 aromatic rings. The normalized spacial score (nSPS) is 20.8. The summed E-state index contributed by atoms with van der Waals surface area (Å²) in [6.45, 7) is -0.142. The van der Waals surface area contributed by atoms with Crippen LogP contribution in [0.3, 0.4) is 0 Å². The van der Waals surface area contributed by atoms with E-state index in [1.54, 1.807) is 0 Å². The first-order chi connectivity index (χ1) is 10.8. The van der Waals surface area contributed by atoms with Crippen LogP contribution in [0.4, 0.5) is 0 Å². The van der Waals surface area contributed by atoms with Crippen LogP contribution in [0.15, 0.2) is 28.4 Å². The number of carboxylic acid groups (broad SMARTS) is 3. The van der Waals surface area contributed by atoms with Gasteiger partial charge in [-0.25, -0.2) is 14.4 Å². The number of carboxylic acids is 3. The van der Waals surface area contributed by atoms with Gasteiger partial charge in [0.2, 0.25) is 0 Å². The van der Waals surface area contributed by atoms with Gasteiger partial charge in [-0.3, -0.25) is 4.99 Å². The van der Waals surface area contributed by atoms with Crippen LogP contribution in [0.5, 0.6) is 0 Å². The standard InChI is InChI=1S/C14H18N2O7/c17-5-1-2-9(12(18)19)15-4-3-8-6-10(13(20)21)16-11(7-8)14(22)23/h3-4,6,9,11,16-17H,1-2,5,7H2,(H,18,19)(H,20,21)(H,22,23)/b8-3-,15-4+/t9-,11+/m0/s1. The molecular weight excluding hydrogens is 308 g/mol. The lowest BCUT2D eigenvalue weighted by Gasteiger charge is -2.21. The van der Waals surface area contributed by atoms with Crippen LogP contribution in [0.25, 0.3) is 0 Å². The van der Waals surface area contributed by atoms with Gasteiger partial charge in [0.15, 0.2) is 0 Å². The molecule has 0 spiro atoms. The minimum absolute atomic E-state index is 0.0481. The molecule has 126 valence electrons. The molecule has 1 rings (SSSR count). The van der Waals surface area contributed by atoms with Crippen molar-refractivity contribution in [2.45, 2.75) is 31.3 Å². The Labute approximate surface area is 131 Å². The molecule has 0 unspecified atom stereocenters. The number of aliphatic carboxylic acids is 3. The van der Waals surface area contributed by atoms with Crippen molar-refractivity contribution in [3.8, 4) is 0 Å². The summed E-state index contributed by atoms with van der Waals surface area (Å²) in [6.07, 6.45) is 4.38. The molecule has 0 saturated carbocycles. The molecule has 5 N–H and O–H groups in total. The largest absolute Gasteiger partial charge is 0.480 e. The zero-order valence-corrected chi connectivity index (χ0v) is 12.2. The number of carbonyl (C=O) groups is 3. The third-order valence-electron chi connectivity index (χ3n) is 3.10. The number of nitrogens with one attached hydrogen (secondary N) is 1. The van der Waals surface area contributed by atoms with Gasteiger partial charge in [-0.05, 0) is 30.6 Å². The minimum atomic E-state index is -1.29. The highest BCUT2D eigenvalue weighted by molar-refractivity contribution is 5.89. The number of rotatable bonds is 8. The van der Waals surface area contributed by atoms with Gasteiger partial charge in [-0.15, -0.1) is 0 Å². The van der Waals surface area contributed by atoms with Crippen LogP contribution in [0, 0.1) is 0 Å². The van der Waals surface area contributed by atoms with Crippen LogP contribution < -0.4 is 5.32 Å². The molecule has 23 heavy (non-hydrogen) atoms. The molecular formula is C14H18N2O7. The van der Waals surface area contributed by atoms with E-state index in [1.165, 1.54) is 18.4 Å². The molecule has 0 bridgehead atoms. The van der Waals surface area contributed by atoms with E-state index in [0.29, 0.717) is 12.0 Å². The number of nitrogens with zero attached hydrogens (tertiary/aromatic N) is 1. The van der Waals surface area contributed by atoms with Crippen molar-refractivity contribution < 1.29 is 34.8 Å². The summed E-state index contributed by atoms with van der Waals surface area (Å²) in [6, 6.07) is -2.09. The van der Waals surface area contributed by atoms with E-state index in [2.05, 4.69) is 10.3 Å². The first-order valence-corrected chi connectivity index (χ1v) is 6.85. The predicted molar refractivity (Wildman–Crippen MR) is 79.2 cm³/mol. The van der Waals surface area contributed by atoms with Crippen LogP contribution in [-0.4, -0.2) is 63.2 Å². The number of hydrogen-bond donors (Lipinski definition) is 5. The quantitative estimate of drug-likeness (QED) is 0.378. The van der Waals surface area contributed by atoms with Gasteiger partial charge < -0.3 is 25.7 Å².